The van der Waals surface area contributed by atoms with Crippen molar-refractivity contribution in [1.29, 1.82) is 0 Å². The smallest absolute Gasteiger partial charge is 0.237 e. The lowest BCUT2D eigenvalue weighted by atomic mass is 9.94. The molecule has 2 unspecified atom stereocenters. The molecular weight excluding hydrogens is 294 g/mol. The van der Waals surface area contributed by atoms with E-state index in [-0.39, 0.29) is 22.5 Å². The molecule has 0 saturated heterocycles. The van der Waals surface area contributed by atoms with Crippen LogP contribution in [0.1, 0.15) is 25.7 Å². The molecule has 0 aliphatic heterocycles. The van der Waals surface area contributed by atoms with Crippen molar-refractivity contribution in [1.82, 2.24) is 4.90 Å². The van der Waals surface area contributed by atoms with Crippen molar-refractivity contribution < 1.29 is 13.2 Å². The zero-order valence-electron chi connectivity index (χ0n) is 9.65. The Kier molecular flexibility index (Phi) is 4.79. The van der Waals surface area contributed by atoms with E-state index in [1.165, 1.54) is 6.42 Å². The first-order valence-corrected chi connectivity index (χ1v) is 8.36. The lowest BCUT2D eigenvalue weighted by Gasteiger charge is -2.35. The van der Waals surface area contributed by atoms with Crippen molar-refractivity contribution in [2.75, 3.05) is 19.1 Å². The maximum absolute atomic E-state index is 11.7. The Morgan fingerprint density at radius 1 is 1.38 bits per heavy atom. The van der Waals surface area contributed by atoms with Crippen molar-refractivity contribution in [3.05, 3.63) is 0 Å². The fraction of sp³-hybridized carbons (Fsp3) is 0.900. The second kappa shape index (κ2) is 5.49. The number of nitrogens with zero attached hydrogens (tertiary/aromatic N) is 1. The summed E-state index contributed by atoms with van der Waals surface area (Å²) in [7, 11) is -1.54. The third kappa shape index (κ3) is 4.05. The van der Waals surface area contributed by atoms with E-state index >= 15 is 0 Å². The van der Waals surface area contributed by atoms with Gasteiger partial charge in [-0.1, -0.05) is 28.8 Å². The van der Waals surface area contributed by atoms with Gasteiger partial charge in [0.05, 0.1) is 0 Å². The molecule has 1 rings (SSSR count). The molecule has 1 aliphatic rings. The molecule has 0 bridgehead atoms. The highest BCUT2D eigenvalue weighted by atomic mass is 79.9. The summed E-state index contributed by atoms with van der Waals surface area (Å²) in [4.78, 5) is 13.6. The van der Waals surface area contributed by atoms with Gasteiger partial charge in [-0.05, 0) is 12.8 Å². The first kappa shape index (κ1) is 14.0. The van der Waals surface area contributed by atoms with Crippen molar-refractivity contribution in [2.24, 2.45) is 0 Å². The molecule has 2 atom stereocenters. The number of hydrogen-bond acceptors (Lipinski definition) is 3. The molecule has 6 heteroatoms. The van der Waals surface area contributed by atoms with Crippen LogP contribution in [0.15, 0.2) is 0 Å². The zero-order valence-corrected chi connectivity index (χ0v) is 12.1. The number of carbonyl (C=O) groups is 1. The fourth-order valence-corrected chi connectivity index (χ4v) is 3.61. The molecule has 4 nitrogen and oxygen atoms in total. The minimum absolute atomic E-state index is 0.128. The van der Waals surface area contributed by atoms with Crippen LogP contribution >= 0.6 is 15.9 Å². The summed E-state index contributed by atoms with van der Waals surface area (Å²) < 4.78 is 22.1. The molecule has 0 N–H and O–H groups in total. The van der Waals surface area contributed by atoms with Gasteiger partial charge in [0, 0.05) is 24.2 Å². The Morgan fingerprint density at radius 3 is 2.44 bits per heavy atom. The van der Waals surface area contributed by atoms with E-state index in [0.29, 0.717) is 0 Å². The number of halogens is 1. The van der Waals surface area contributed by atoms with Crippen LogP contribution in [0.3, 0.4) is 0 Å². The Labute approximate surface area is 105 Å². The number of rotatable bonds is 3. The summed E-state index contributed by atoms with van der Waals surface area (Å²) in [6.07, 6.45) is 5.35. The zero-order chi connectivity index (χ0) is 12.3. The maximum Gasteiger partial charge on any atom is 0.237 e. The number of amides is 1. The molecule has 0 aromatic carbocycles. The van der Waals surface area contributed by atoms with Gasteiger partial charge in [0.25, 0.3) is 0 Å². The minimum atomic E-state index is -3.23. The van der Waals surface area contributed by atoms with Gasteiger partial charge in [0.2, 0.25) is 5.91 Å². The monoisotopic (exact) mass is 311 g/mol. The van der Waals surface area contributed by atoms with Crippen LogP contribution in [0.2, 0.25) is 0 Å². The van der Waals surface area contributed by atoms with E-state index in [4.69, 9.17) is 0 Å². The molecule has 0 heterocycles. The molecular formula is C10H18BrNO3S. The second-order valence-electron chi connectivity index (χ2n) is 4.44. The standard InChI is InChI=1S/C10H18BrNO3S/c1-12(10(13)7-16(2,14)15)9-6-4-3-5-8(9)11/h8-9H,3-7H2,1-2H3. The Bertz CT molecular complexity index is 355. The van der Waals surface area contributed by atoms with Crippen molar-refractivity contribution in [3.8, 4) is 0 Å². The molecule has 1 amide bonds. The van der Waals surface area contributed by atoms with Crippen LogP contribution in [-0.4, -0.2) is 49.2 Å². The normalized spacial score (nSPS) is 26.4. The average molecular weight is 312 g/mol. The van der Waals surface area contributed by atoms with Gasteiger partial charge >= 0.3 is 0 Å². The Hall–Kier alpha value is -0.100. The van der Waals surface area contributed by atoms with Gasteiger partial charge in [0.1, 0.15) is 5.75 Å². The van der Waals surface area contributed by atoms with Gasteiger partial charge in [-0.15, -0.1) is 0 Å². The highest BCUT2D eigenvalue weighted by Gasteiger charge is 2.29. The summed E-state index contributed by atoms with van der Waals surface area (Å²) in [6.45, 7) is 0. The van der Waals surface area contributed by atoms with Crippen molar-refractivity contribution >= 4 is 31.7 Å². The molecule has 0 radical (unpaired) electrons. The van der Waals surface area contributed by atoms with Gasteiger partial charge < -0.3 is 4.90 Å². The van der Waals surface area contributed by atoms with Crippen LogP contribution in [0.4, 0.5) is 0 Å². The van der Waals surface area contributed by atoms with E-state index < -0.39 is 9.84 Å². The van der Waals surface area contributed by atoms with Gasteiger partial charge in [-0.3, -0.25) is 4.79 Å². The summed E-state index contributed by atoms with van der Waals surface area (Å²) in [5, 5.41) is 0. The van der Waals surface area contributed by atoms with Crippen molar-refractivity contribution in [2.45, 2.75) is 36.6 Å². The van der Waals surface area contributed by atoms with Crippen LogP contribution in [0.5, 0.6) is 0 Å². The predicted molar refractivity (Wildman–Crippen MR) is 67.5 cm³/mol. The molecule has 0 aromatic rings. The first-order valence-electron chi connectivity index (χ1n) is 5.39. The highest BCUT2D eigenvalue weighted by Crippen LogP contribution is 2.27. The summed E-state index contributed by atoms with van der Waals surface area (Å²) in [6, 6.07) is 0.128. The quantitative estimate of drug-likeness (QED) is 0.736. The molecule has 0 spiro atoms. The van der Waals surface area contributed by atoms with Crippen LogP contribution in [0, 0.1) is 0 Å². The Morgan fingerprint density at radius 2 is 1.94 bits per heavy atom. The third-order valence-electron chi connectivity index (χ3n) is 2.92. The van der Waals surface area contributed by atoms with Gasteiger partial charge in [0.15, 0.2) is 9.84 Å². The number of alkyl halides is 1. The summed E-state index contributed by atoms with van der Waals surface area (Å²) >= 11 is 3.56. The third-order valence-corrected chi connectivity index (χ3v) is 4.76. The lowest BCUT2D eigenvalue weighted by Crippen LogP contribution is -2.46. The second-order valence-corrected chi connectivity index (χ2v) is 7.76. The van der Waals surface area contributed by atoms with Crippen LogP contribution < -0.4 is 0 Å². The topological polar surface area (TPSA) is 54.5 Å². The maximum atomic E-state index is 11.7. The predicted octanol–water partition coefficient (Wildman–Crippen LogP) is 1.20. The van der Waals surface area contributed by atoms with E-state index in [2.05, 4.69) is 15.9 Å². The molecule has 1 aliphatic carbocycles. The van der Waals surface area contributed by atoms with E-state index in [0.717, 1.165) is 25.5 Å². The van der Waals surface area contributed by atoms with Crippen LogP contribution in [0.25, 0.3) is 0 Å². The fourth-order valence-electron chi connectivity index (χ4n) is 2.01. The number of hydrogen-bond donors (Lipinski definition) is 0. The molecule has 1 saturated carbocycles. The van der Waals surface area contributed by atoms with Crippen LogP contribution in [-0.2, 0) is 14.6 Å². The minimum Gasteiger partial charge on any atom is -0.341 e. The summed E-state index contributed by atoms with van der Waals surface area (Å²) in [5.74, 6) is -0.696. The highest BCUT2D eigenvalue weighted by molar-refractivity contribution is 9.09. The van der Waals surface area contributed by atoms with E-state index in [9.17, 15) is 13.2 Å². The van der Waals surface area contributed by atoms with Crippen molar-refractivity contribution in [3.63, 3.8) is 0 Å². The molecule has 16 heavy (non-hydrogen) atoms. The van der Waals surface area contributed by atoms with E-state index in [1.807, 2.05) is 0 Å². The number of sulfone groups is 1. The molecule has 94 valence electrons. The molecule has 0 aromatic heterocycles. The summed E-state index contributed by atoms with van der Waals surface area (Å²) in [5.41, 5.74) is 0. The number of carbonyl (C=O) groups excluding carboxylic acids is 1. The van der Waals surface area contributed by atoms with E-state index in [1.54, 1.807) is 11.9 Å². The largest absolute Gasteiger partial charge is 0.341 e. The average Bonchev–Trinajstić information content (AvgIpc) is 2.15. The first-order chi connectivity index (χ1) is 7.31. The Balaban J connectivity index is 2.62. The lowest BCUT2D eigenvalue weighted by molar-refractivity contribution is -0.129. The molecule has 1 fully saturated rings. The SMILES string of the molecule is CN(C(=O)CS(C)(=O)=O)C1CCCCC1Br. The van der Waals surface area contributed by atoms with Gasteiger partial charge in [-0.2, -0.15) is 0 Å². The van der Waals surface area contributed by atoms with Gasteiger partial charge in [-0.25, -0.2) is 8.42 Å².